The van der Waals surface area contributed by atoms with Crippen molar-refractivity contribution in [2.75, 3.05) is 5.73 Å². The number of nitrogens with one attached hydrogen (secondary N) is 1. The summed E-state index contributed by atoms with van der Waals surface area (Å²) in [6.07, 6.45) is 3.25. The molecule has 0 saturated carbocycles. The summed E-state index contributed by atoms with van der Waals surface area (Å²) in [4.78, 5) is 16.1. The minimum atomic E-state index is -0.259. The predicted octanol–water partition coefficient (Wildman–Crippen LogP) is 1.81. The second kappa shape index (κ2) is 4.45. The summed E-state index contributed by atoms with van der Waals surface area (Å²) >= 11 is 0. The highest BCUT2D eigenvalue weighted by Gasteiger charge is 2.13. The van der Waals surface area contributed by atoms with E-state index in [1.165, 1.54) is 4.68 Å². The summed E-state index contributed by atoms with van der Waals surface area (Å²) < 4.78 is 1.42. The Morgan fingerprint density at radius 1 is 1.05 bits per heavy atom. The first kappa shape index (κ1) is 11.3. The van der Waals surface area contributed by atoms with E-state index in [1.54, 1.807) is 24.5 Å². The van der Waals surface area contributed by atoms with Crippen LogP contribution in [0.1, 0.15) is 0 Å². The Hall–Kier alpha value is -2.82. The van der Waals surface area contributed by atoms with Crippen LogP contribution >= 0.6 is 0 Å². The Kier molecular flexibility index (Phi) is 2.64. The van der Waals surface area contributed by atoms with Crippen molar-refractivity contribution in [1.82, 2.24) is 14.8 Å². The molecule has 3 N–H and O–H groups in total. The van der Waals surface area contributed by atoms with E-state index < -0.39 is 0 Å². The number of nitrogens with zero attached hydrogens (tertiary/aromatic N) is 2. The van der Waals surface area contributed by atoms with Crippen LogP contribution in [0.4, 0.5) is 5.69 Å². The van der Waals surface area contributed by atoms with Gasteiger partial charge in [0.05, 0.1) is 11.4 Å². The number of rotatable bonds is 2. The number of nitrogen functional groups attached to an aromatic ring is 1. The third-order valence-corrected chi connectivity index (χ3v) is 2.91. The number of H-pyrrole nitrogens is 1. The molecule has 0 saturated heterocycles. The molecule has 0 aliphatic carbocycles. The Labute approximate surface area is 109 Å². The van der Waals surface area contributed by atoms with Gasteiger partial charge in [0.15, 0.2) is 0 Å². The van der Waals surface area contributed by atoms with Crippen molar-refractivity contribution < 1.29 is 0 Å². The van der Waals surface area contributed by atoms with E-state index in [4.69, 9.17) is 5.73 Å². The first-order chi connectivity index (χ1) is 9.27. The maximum atomic E-state index is 12.1. The minimum absolute atomic E-state index is 0.211. The molecule has 0 spiro atoms. The second-order valence-electron chi connectivity index (χ2n) is 4.11. The summed E-state index contributed by atoms with van der Waals surface area (Å²) in [7, 11) is 0. The van der Waals surface area contributed by atoms with Crippen molar-refractivity contribution in [3.8, 4) is 16.9 Å². The monoisotopic (exact) mass is 252 g/mol. The van der Waals surface area contributed by atoms with Gasteiger partial charge < -0.3 is 5.73 Å². The average molecular weight is 252 g/mol. The molecule has 94 valence electrons. The number of nitrogens with two attached hydrogens (primary N) is 1. The van der Waals surface area contributed by atoms with Gasteiger partial charge in [-0.15, -0.1) is 0 Å². The fourth-order valence-electron chi connectivity index (χ4n) is 1.95. The molecule has 5 nitrogen and oxygen atoms in total. The van der Waals surface area contributed by atoms with Crippen LogP contribution in [0.3, 0.4) is 0 Å². The average Bonchev–Trinajstić information content (AvgIpc) is 2.77. The molecule has 0 bridgehead atoms. The lowest BCUT2D eigenvalue weighted by Gasteiger charge is -2.01. The summed E-state index contributed by atoms with van der Waals surface area (Å²) in [5.41, 5.74) is 8.05. The second-order valence-corrected chi connectivity index (χ2v) is 4.11. The molecule has 2 heterocycles. The van der Waals surface area contributed by atoms with Crippen LogP contribution in [0.25, 0.3) is 16.9 Å². The van der Waals surface area contributed by atoms with Gasteiger partial charge in [-0.2, -0.15) is 0 Å². The number of anilines is 1. The van der Waals surface area contributed by atoms with Crippen molar-refractivity contribution in [1.29, 1.82) is 0 Å². The highest BCUT2D eigenvalue weighted by Crippen LogP contribution is 2.21. The normalized spacial score (nSPS) is 10.5. The smallest absolute Gasteiger partial charge is 0.295 e. The van der Waals surface area contributed by atoms with E-state index in [2.05, 4.69) is 10.1 Å². The third kappa shape index (κ3) is 1.91. The summed E-state index contributed by atoms with van der Waals surface area (Å²) in [6.45, 7) is 0. The van der Waals surface area contributed by atoms with E-state index in [-0.39, 0.29) is 11.2 Å². The molecule has 2 aromatic heterocycles. The zero-order valence-electron chi connectivity index (χ0n) is 10.1. The van der Waals surface area contributed by atoms with E-state index in [0.29, 0.717) is 11.4 Å². The lowest BCUT2D eigenvalue weighted by atomic mass is 10.1. The van der Waals surface area contributed by atoms with E-state index in [0.717, 1.165) is 5.56 Å². The Morgan fingerprint density at radius 3 is 2.42 bits per heavy atom. The van der Waals surface area contributed by atoms with Crippen molar-refractivity contribution >= 4 is 5.69 Å². The molecule has 3 rings (SSSR count). The van der Waals surface area contributed by atoms with Gasteiger partial charge >= 0.3 is 0 Å². The standard InChI is InChI=1S/C14H12N4O/c15-12-13(10-4-2-1-3-5-10)17-18(14(12)19)11-6-8-16-9-7-11/h1-9,17H,15H2. The van der Waals surface area contributed by atoms with E-state index in [1.807, 2.05) is 30.3 Å². The van der Waals surface area contributed by atoms with Gasteiger partial charge in [-0.1, -0.05) is 30.3 Å². The van der Waals surface area contributed by atoms with E-state index >= 15 is 0 Å². The zero-order valence-corrected chi connectivity index (χ0v) is 10.1. The van der Waals surface area contributed by atoms with Crippen molar-refractivity contribution in [3.05, 3.63) is 65.2 Å². The number of pyridine rings is 1. The molecule has 5 heteroatoms. The lowest BCUT2D eigenvalue weighted by molar-refractivity contribution is 0.850. The summed E-state index contributed by atoms with van der Waals surface area (Å²) in [6, 6.07) is 13.0. The minimum Gasteiger partial charge on any atom is -0.392 e. The van der Waals surface area contributed by atoms with Gasteiger partial charge in [-0.05, 0) is 12.1 Å². The van der Waals surface area contributed by atoms with Gasteiger partial charge in [-0.3, -0.25) is 14.9 Å². The van der Waals surface area contributed by atoms with Gasteiger partial charge in [0.1, 0.15) is 5.69 Å². The summed E-state index contributed by atoms with van der Waals surface area (Å²) in [5, 5.41) is 3.03. The summed E-state index contributed by atoms with van der Waals surface area (Å²) in [5.74, 6) is 0. The van der Waals surface area contributed by atoms with Crippen LogP contribution in [-0.2, 0) is 0 Å². The molecular formula is C14H12N4O. The van der Waals surface area contributed by atoms with Crippen LogP contribution in [-0.4, -0.2) is 14.8 Å². The number of hydrogen-bond acceptors (Lipinski definition) is 3. The van der Waals surface area contributed by atoms with Gasteiger partial charge in [-0.25, -0.2) is 4.68 Å². The van der Waals surface area contributed by atoms with Crippen LogP contribution in [0.2, 0.25) is 0 Å². The molecule has 0 unspecified atom stereocenters. The highest BCUT2D eigenvalue weighted by atomic mass is 16.1. The van der Waals surface area contributed by atoms with Crippen LogP contribution in [0.5, 0.6) is 0 Å². The zero-order chi connectivity index (χ0) is 13.2. The first-order valence-electron chi connectivity index (χ1n) is 5.83. The van der Waals surface area contributed by atoms with Gasteiger partial charge in [0.25, 0.3) is 5.56 Å². The number of aromatic nitrogens is 3. The highest BCUT2D eigenvalue weighted by molar-refractivity contribution is 5.72. The van der Waals surface area contributed by atoms with Crippen molar-refractivity contribution in [2.45, 2.75) is 0 Å². The molecular weight excluding hydrogens is 240 g/mol. The Morgan fingerprint density at radius 2 is 1.74 bits per heavy atom. The topological polar surface area (TPSA) is 76.7 Å². The Bertz CT molecular complexity index is 744. The molecule has 1 aromatic carbocycles. The Balaban J connectivity index is 2.19. The van der Waals surface area contributed by atoms with Crippen LogP contribution in [0, 0.1) is 0 Å². The first-order valence-corrected chi connectivity index (χ1v) is 5.83. The molecule has 0 fully saturated rings. The largest absolute Gasteiger partial charge is 0.392 e. The number of hydrogen-bond donors (Lipinski definition) is 2. The van der Waals surface area contributed by atoms with Gasteiger partial charge in [0.2, 0.25) is 0 Å². The maximum absolute atomic E-state index is 12.1. The molecule has 19 heavy (non-hydrogen) atoms. The third-order valence-electron chi connectivity index (χ3n) is 2.91. The van der Waals surface area contributed by atoms with E-state index in [9.17, 15) is 4.79 Å². The maximum Gasteiger partial charge on any atom is 0.295 e. The fourth-order valence-corrected chi connectivity index (χ4v) is 1.95. The molecule has 0 aliphatic heterocycles. The number of benzene rings is 1. The SMILES string of the molecule is Nc1c(-c2ccccc2)[nH]n(-c2ccncc2)c1=O. The van der Waals surface area contributed by atoms with Gasteiger partial charge in [0, 0.05) is 18.0 Å². The number of aromatic amines is 1. The molecule has 3 aromatic rings. The fraction of sp³-hybridized carbons (Fsp3) is 0. The van der Waals surface area contributed by atoms with Crippen molar-refractivity contribution in [2.24, 2.45) is 0 Å². The molecule has 0 amide bonds. The molecule has 0 aliphatic rings. The molecule has 0 radical (unpaired) electrons. The van der Waals surface area contributed by atoms with Crippen LogP contribution in [0.15, 0.2) is 59.7 Å². The molecule has 0 atom stereocenters. The van der Waals surface area contributed by atoms with Crippen molar-refractivity contribution in [3.63, 3.8) is 0 Å². The predicted molar refractivity (Wildman–Crippen MR) is 74.0 cm³/mol. The van der Waals surface area contributed by atoms with Crippen LogP contribution < -0.4 is 11.3 Å². The quantitative estimate of drug-likeness (QED) is 0.730. The lowest BCUT2D eigenvalue weighted by Crippen LogP contribution is -2.16.